The van der Waals surface area contributed by atoms with E-state index < -0.39 is 0 Å². The SMILES string of the molecule is CCC(C)(c1ccc(O)cc1)c1ccc(OC)cc1. The third kappa shape index (κ3) is 2.58. The predicted molar refractivity (Wildman–Crippen MR) is 77.8 cm³/mol. The molecule has 0 saturated carbocycles. The molecule has 2 rings (SSSR count). The van der Waals surface area contributed by atoms with Crippen LogP contribution in [0.2, 0.25) is 0 Å². The second-order valence-corrected chi connectivity index (χ2v) is 4.96. The molecule has 2 nitrogen and oxygen atoms in total. The van der Waals surface area contributed by atoms with Gasteiger partial charge in [-0.15, -0.1) is 0 Å². The van der Waals surface area contributed by atoms with Crippen LogP contribution in [0.3, 0.4) is 0 Å². The van der Waals surface area contributed by atoms with E-state index >= 15 is 0 Å². The highest BCUT2D eigenvalue weighted by Gasteiger charge is 2.26. The van der Waals surface area contributed by atoms with Crippen LogP contribution in [0.25, 0.3) is 0 Å². The van der Waals surface area contributed by atoms with Crippen molar-refractivity contribution in [2.45, 2.75) is 25.7 Å². The van der Waals surface area contributed by atoms with E-state index in [1.54, 1.807) is 19.2 Å². The van der Waals surface area contributed by atoms with Gasteiger partial charge in [0.25, 0.3) is 0 Å². The van der Waals surface area contributed by atoms with Crippen LogP contribution in [0.5, 0.6) is 11.5 Å². The van der Waals surface area contributed by atoms with Gasteiger partial charge in [0.15, 0.2) is 0 Å². The molecule has 0 fully saturated rings. The normalized spacial score (nSPS) is 13.8. The fourth-order valence-electron chi connectivity index (χ4n) is 2.36. The van der Waals surface area contributed by atoms with Crippen molar-refractivity contribution in [1.82, 2.24) is 0 Å². The lowest BCUT2D eigenvalue weighted by molar-refractivity contribution is 0.414. The largest absolute Gasteiger partial charge is 0.508 e. The van der Waals surface area contributed by atoms with Crippen LogP contribution in [0.1, 0.15) is 31.4 Å². The molecule has 1 atom stereocenters. The summed E-state index contributed by atoms with van der Waals surface area (Å²) in [6.45, 7) is 4.40. The Labute approximate surface area is 114 Å². The molecule has 1 unspecified atom stereocenters. The summed E-state index contributed by atoms with van der Waals surface area (Å²) in [7, 11) is 1.67. The maximum Gasteiger partial charge on any atom is 0.118 e. The number of ether oxygens (including phenoxy) is 1. The van der Waals surface area contributed by atoms with Crippen molar-refractivity contribution in [2.75, 3.05) is 7.11 Å². The van der Waals surface area contributed by atoms with Crippen molar-refractivity contribution in [3.63, 3.8) is 0 Å². The topological polar surface area (TPSA) is 29.5 Å². The summed E-state index contributed by atoms with van der Waals surface area (Å²) in [4.78, 5) is 0. The molecule has 0 heterocycles. The Bertz CT molecular complexity index is 528. The molecule has 0 aromatic heterocycles. The molecule has 2 aromatic carbocycles. The van der Waals surface area contributed by atoms with Crippen molar-refractivity contribution in [1.29, 1.82) is 0 Å². The number of hydrogen-bond acceptors (Lipinski definition) is 2. The molecular weight excluding hydrogens is 236 g/mol. The summed E-state index contributed by atoms with van der Waals surface area (Å²) < 4.78 is 5.20. The third-order valence-corrected chi connectivity index (χ3v) is 3.94. The minimum absolute atomic E-state index is 0.0556. The lowest BCUT2D eigenvalue weighted by Gasteiger charge is -2.30. The Kier molecular flexibility index (Phi) is 3.79. The third-order valence-electron chi connectivity index (χ3n) is 3.94. The van der Waals surface area contributed by atoms with Crippen LogP contribution >= 0.6 is 0 Å². The van der Waals surface area contributed by atoms with E-state index in [1.165, 1.54) is 11.1 Å². The van der Waals surface area contributed by atoms with Crippen LogP contribution in [-0.4, -0.2) is 12.2 Å². The van der Waals surface area contributed by atoms with Crippen molar-refractivity contribution in [3.8, 4) is 11.5 Å². The molecule has 19 heavy (non-hydrogen) atoms. The highest BCUT2D eigenvalue weighted by molar-refractivity contribution is 5.42. The van der Waals surface area contributed by atoms with Crippen molar-refractivity contribution in [2.24, 2.45) is 0 Å². The summed E-state index contributed by atoms with van der Waals surface area (Å²) in [5, 5.41) is 9.42. The van der Waals surface area contributed by atoms with Gasteiger partial charge in [0.2, 0.25) is 0 Å². The number of phenolic OH excluding ortho intramolecular Hbond substituents is 1. The molecule has 0 bridgehead atoms. The average Bonchev–Trinajstić information content (AvgIpc) is 2.47. The van der Waals surface area contributed by atoms with Gasteiger partial charge in [-0.2, -0.15) is 0 Å². The van der Waals surface area contributed by atoms with E-state index in [2.05, 4.69) is 26.0 Å². The number of methoxy groups -OCH3 is 1. The van der Waals surface area contributed by atoms with E-state index in [9.17, 15) is 5.11 Å². The molecule has 0 radical (unpaired) electrons. The van der Waals surface area contributed by atoms with Gasteiger partial charge in [0.1, 0.15) is 11.5 Å². The number of aromatic hydroxyl groups is 1. The van der Waals surface area contributed by atoms with Crippen LogP contribution in [-0.2, 0) is 5.41 Å². The first kappa shape index (κ1) is 13.5. The van der Waals surface area contributed by atoms with Gasteiger partial charge in [-0.1, -0.05) is 38.1 Å². The molecule has 1 N–H and O–H groups in total. The Balaban J connectivity index is 2.43. The van der Waals surface area contributed by atoms with Gasteiger partial charge in [0.05, 0.1) is 7.11 Å². The first-order chi connectivity index (χ1) is 9.10. The van der Waals surface area contributed by atoms with Crippen LogP contribution in [0.4, 0.5) is 0 Å². The maximum absolute atomic E-state index is 9.42. The first-order valence-electron chi connectivity index (χ1n) is 6.54. The summed E-state index contributed by atoms with van der Waals surface area (Å²) in [6.07, 6.45) is 0.990. The Morgan fingerprint density at radius 1 is 0.947 bits per heavy atom. The quantitative estimate of drug-likeness (QED) is 0.891. The van der Waals surface area contributed by atoms with Gasteiger partial charge < -0.3 is 9.84 Å². The van der Waals surface area contributed by atoms with Gasteiger partial charge >= 0.3 is 0 Å². The van der Waals surface area contributed by atoms with Gasteiger partial charge in [-0.05, 0) is 41.8 Å². The Hall–Kier alpha value is -1.96. The van der Waals surface area contributed by atoms with Gasteiger partial charge in [0, 0.05) is 5.41 Å². The molecule has 0 saturated heterocycles. The second kappa shape index (κ2) is 5.35. The summed E-state index contributed by atoms with van der Waals surface area (Å²) in [5.74, 6) is 1.17. The lowest BCUT2D eigenvalue weighted by Crippen LogP contribution is -2.22. The van der Waals surface area contributed by atoms with Crippen molar-refractivity contribution < 1.29 is 9.84 Å². The lowest BCUT2D eigenvalue weighted by atomic mass is 9.74. The standard InChI is InChI=1S/C17H20O2/c1-4-17(2,13-5-9-15(18)10-6-13)14-7-11-16(19-3)12-8-14/h5-12,18H,4H2,1-3H3. The fraction of sp³-hybridized carbons (Fsp3) is 0.294. The van der Waals surface area contributed by atoms with E-state index in [0.29, 0.717) is 5.75 Å². The summed E-state index contributed by atoms with van der Waals surface area (Å²) in [5.41, 5.74) is 2.40. The second-order valence-electron chi connectivity index (χ2n) is 4.96. The maximum atomic E-state index is 9.42. The molecule has 0 amide bonds. The average molecular weight is 256 g/mol. The highest BCUT2D eigenvalue weighted by Crippen LogP contribution is 2.36. The van der Waals surface area contributed by atoms with Crippen LogP contribution < -0.4 is 4.74 Å². The van der Waals surface area contributed by atoms with E-state index in [0.717, 1.165) is 12.2 Å². The predicted octanol–water partition coefficient (Wildman–Crippen LogP) is 4.12. The first-order valence-corrected chi connectivity index (χ1v) is 6.54. The molecular formula is C17H20O2. The van der Waals surface area contributed by atoms with E-state index in [4.69, 9.17) is 4.74 Å². The number of rotatable bonds is 4. The van der Waals surface area contributed by atoms with Crippen molar-refractivity contribution in [3.05, 3.63) is 59.7 Å². The number of benzene rings is 2. The fourth-order valence-corrected chi connectivity index (χ4v) is 2.36. The minimum atomic E-state index is -0.0556. The molecule has 100 valence electrons. The van der Waals surface area contributed by atoms with Gasteiger partial charge in [-0.3, -0.25) is 0 Å². The molecule has 0 aliphatic rings. The molecule has 0 aliphatic heterocycles. The number of hydrogen-bond donors (Lipinski definition) is 1. The molecule has 2 heteroatoms. The zero-order chi connectivity index (χ0) is 13.9. The summed E-state index contributed by atoms with van der Waals surface area (Å²) >= 11 is 0. The van der Waals surface area contributed by atoms with Crippen molar-refractivity contribution >= 4 is 0 Å². The zero-order valence-electron chi connectivity index (χ0n) is 11.7. The smallest absolute Gasteiger partial charge is 0.118 e. The van der Waals surface area contributed by atoms with Crippen LogP contribution in [0, 0.1) is 0 Å². The highest BCUT2D eigenvalue weighted by atomic mass is 16.5. The Morgan fingerprint density at radius 2 is 1.42 bits per heavy atom. The molecule has 2 aromatic rings. The van der Waals surface area contributed by atoms with Crippen LogP contribution in [0.15, 0.2) is 48.5 Å². The monoisotopic (exact) mass is 256 g/mol. The Morgan fingerprint density at radius 3 is 1.84 bits per heavy atom. The summed E-state index contributed by atoms with van der Waals surface area (Å²) in [6, 6.07) is 15.7. The number of phenols is 1. The molecule has 0 aliphatic carbocycles. The van der Waals surface area contributed by atoms with E-state index in [-0.39, 0.29) is 5.41 Å². The minimum Gasteiger partial charge on any atom is -0.508 e. The zero-order valence-corrected chi connectivity index (χ0v) is 11.7. The molecule has 0 spiro atoms. The van der Waals surface area contributed by atoms with E-state index in [1.807, 2.05) is 24.3 Å². The van der Waals surface area contributed by atoms with Gasteiger partial charge in [-0.25, -0.2) is 0 Å².